The van der Waals surface area contributed by atoms with E-state index in [1.807, 2.05) is 24.3 Å². The van der Waals surface area contributed by atoms with Crippen LogP contribution in [0, 0.1) is 0 Å². The van der Waals surface area contributed by atoms with Gasteiger partial charge in [0.15, 0.2) is 0 Å². The van der Waals surface area contributed by atoms with Crippen LogP contribution in [0.3, 0.4) is 0 Å². The number of rotatable bonds is 5. The Balaban J connectivity index is 1.65. The average Bonchev–Trinajstić information content (AvgIpc) is 3.15. The minimum Gasteiger partial charge on any atom is -0.272 e. The number of aromatic amines is 1. The van der Waals surface area contributed by atoms with Gasteiger partial charge in [0.2, 0.25) is 0 Å². The maximum absolute atomic E-state index is 12.2. The summed E-state index contributed by atoms with van der Waals surface area (Å²) in [5.41, 5.74) is 6.27. The maximum Gasteiger partial charge on any atom is 0.289 e. The third kappa shape index (κ3) is 4.31. The van der Waals surface area contributed by atoms with E-state index >= 15 is 0 Å². The van der Waals surface area contributed by atoms with E-state index in [1.54, 1.807) is 30.5 Å². The van der Waals surface area contributed by atoms with Crippen molar-refractivity contribution in [1.82, 2.24) is 15.6 Å². The molecule has 2 N–H and O–H groups in total. The lowest BCUT2D eigenvalue weighted by Gasteiger charge is -1.99. The van der Waals surface area contributed by atoms with Crippen LogP contribution in [0.25, 0.3) is 11.3 Å². The summed E-state index contributed by atoms with van der Waals surface area (Å²) in [4.78, 5) is 12.2. The Kier molecular flexibility index (Phi) is 5.71. The molecule has 3 rings (SSSR count). The smallest absolute Gasteiger partial charge is 0.272 e. The Morgan fingerprint density at radius 3 is 2.62 bits per heavy atom. The van der Waals surface area contributed by atoms with E-state index in [4.69, 9.17) is 23.2 Å². The minimum atomic E-state index is -0.384. The van der Waals surface area contributed by atoms with Crippen LogP contribution in [-0.4, -0.2) is 22.3 Å². The number of carbonyl (C=O) groups is 1. The molecule has 0 fully saturated rings. The Hall–Kier alpha value is -2.63. The van der Waals surface area contributed by atoms with E-state index in [1.165, 1.54) is 5.56 Å². The first-order valence-corrected chi connectivity index (χ1v) is 8.75. The van der Waals surface area contributed by atoms with E-state index in [2.05, 4.69) is 27.6 Å². The van der Waals surface area contributed by atoms with Crippen LogP contribution < -0.4 is 5.43 Å². The van der Waals surface area contributed by atoms with Gasteiger partial charge in [0, 0.05) is 5.56 Å². The van der Waals surface area contributed by atoms with Gasteiger partial charge in [-0.3, -0.25) is 9.89 Å². The quantitative estimate of drug-likeness (QED) is 0.492. The fraction of sp³-hybridized carbons (Fsp3) is 0.105. The lowest BCUT2D eigenvalue weighted by atomic mass is 10.1. The van der Waals surface area contributed by atoms with E-state index in [-0.39, 0.29) is 5.91 Å². The second-order valence-corrected chi connectivity index (χ2v) is 6.40. The standard InChI is InChI=1S/C19H16Cl2N4O/c1-2-12-3-5-13(6-4-12)11-22-25-19(26)18-10-17(23-24-18)14-7-8-15(20)16(21)9-14/h3-11H,2H2,1H3,(H,23,24)(H,25,26). The second-order valence-electron chi connectivity index (χ2n) is 5.59. The number of hydrogen-bond acceptors (Lipinski definition) is 3. The topological polar surface area (TPSA) is 70.1 Å². The zero-order valence-corrected chi connectivity index (χ0v) is 15.5. The molecule has 0 radical (unpaired) electrons. The summed E-state index contributed by atoms with van der Waals surface area (Å²) in [6, 6.07) is 14.7. The zero-order chi connectivity index (χ0) is 18.5. The van der Waals surface area contributed by atoms with E-state index in [0.29, 0.717) is 21.4 Å². The molecule has 0 spiro atoms. The molecule has 0 atom stereocenters. The molecule has 0 unspecified atom stereocenters. The summed E-state index contributed by atoms with van der Waals surface area (Å²) in [7, 11) is 0. The monoisotopic (exact) mass is 386 g/mol. The summed E-state index contributed by atoms with van der Waals surface area (Å²) in [5.74, 6) is -0.384. The third-order valence-corrected chi connectivity index (χ3v) is 4.54. The molecule has 2 aromatic carbocycles. The summed E-state index contributed by atoms with van der Waals surface area (Å²) < 4.78 is 0. The van der Waals surface area contributed by atoms with Crippen molar-refractivity contribution in [2.75, 3.05) is 0 Å². The minimum absolute atomic E-state index is 0.296. The van der Waals surface area contributed by atoms with Crippen LogP contribution in [0.1, 0.15) is 28.5 Å². The first-order chi connectivity index (χ1) is 12.6. The first kappa shape index (κ1) is 18.2. The molecule has 0 saturated heterocycles. The lowest BCUT2D eigenvalue weighted by Crippen LogP contribution is -2.17. The number of nitrogens with one attached hydrogen (secondary N) is 2. The number of amides is 1. The highest BCUT2D eigenvalue weighted by Crippen LogP contribution is 2.27. The van der Waals surface area contributed by atoms with Crippen LogP contribution in [0.2, 0.25) is 10.0 Å². The van der Waals surface area contributed by atoms with Gasteiger partial charge in [0.05, 0.1) is 22.0 Å². The number of halogens is 2. The number of benzene rings is 2. The normalized spacial score (nSPS) is 11.0. The van der Waals surface area contributed by atoms with Crippen LogP contribution in [0.5, 0.6) is 0 Å². The Morgan fingerprint density at radius 1 is 1.15 bits per heavy atom. The van der Waals surface area contributed by atoms with Crippen molar-refractivity contribution < 1.29 is 4.79 Å². The Labute approximate surface area is 161 Å². The van der Waals surface area contributed by atoms with E-state index < -0.39 is 0 Å². The molecule has 0 saturated carbocycles. The number of hydrogen-bond donors (Lipinski definition) is 2. The van der Waals surface area contributed by atoms with Gasteiger partial charge in [-0.25, -0.2) is 5.43 Å². The first-order valence-electron chi connectivity index (χ1n) is 8.00. The van der Waals surface area contributed by atoms with Crippen LogP contribution in [0.4, 0.5) is 0 Å². The van der Waals surface area contributed by atoms with Gasteiger partial charge in [0.25, 0.3) is 5.91 Å². The molecule has 0 aliphatic carbocycles. The molecule has 1 aromatic heterocycles. The summed E-state index contributed by atoms with van der Waals surface area (Å²) in [6.07, 6.45) is 2.57. The number of aryl methyl sites for hydroxylation is 1. The summed E-state index contributed by atoms with van der Waals surface area (Å²) in [6.45, 7) is 2.10. The third-order valence-electron chi connectivity index (χ3n) is 3.81. The van der Waals surface area contributed by atoms with Gasteiger partial charge >= 0.3 is 0 Å². The molecule has 1 heterocycles. The van der Waals surface area contributed by atoms with E-state index in [0.717, 1.165) is 17.5 Å². The second kappa shape index (κ2) is 8.17. The lowest BCUT2D eigenvalue weighted by molar-refractivity contribution is 0.0950. The molecular formula is C19H16Cl2N4O. The summed E-state index contributed by atoms with van der Waals surface area (Å²) >= 11 is 11.9. The van der Waals surface area contributed by atoms with Gasteiger partial charge in [-0.1, -0.05) is 60.5 Å². The van der Waals surface area contributed by atoms with Gasteiger partial charge in [-0.2, -0.15) is 10.2 Å². The van der Waals surface area contributed by atoms with Crippen molar-refractivity contribution in [3.8, 4) is 11.3 Å². The van der Waals surface area contributed by atoms with Crippen molar-refractivity contribution in [3.05, 3.63) is 75.4 Å². The number of hydrazone groups is 1. The average molecular weight is 387 g/mol. The summed E-state index contributed by atoms with van der Waals surface area (Å²) in [5, 5.41) is 11.7. The van der Waals surface area contributed by atoms with Gasteiger partial charge in [0.1, 0.15) is 5.69 Å². The van der Waals surface area contributed by atoms with Crippen molar-refractivity contribution in [1.29, 1.82) is 0 Å². The van der Waals surface area contributed by atoms with Gasteiger partial charge in [-0.15, -0.1) is 0 Å². The van der Waals surface area contributed by atoms with Crippen molar-refractivity contribution in [2.24, 2.45) is 5.10 Å². The molecule has 1 amide bonds. The predicted octanol–water partition coefficient (Wildman–Crippen LogP) is 4.71. The molecule has 132 valence electrons. The SMILES string of the molecule is CCc1ccc(C=NNC(=O)c2cc(-c3ccc(Cl)c(Cl)c3)n[nH]2)cc1. The van der Waals surface area contributed by atoms with Gasteiger partial charge < -0.3 is 0 Å². The molecule has 0 aliphatic heterocycles. The number of carbonyl (C=O) groups excluding carboxylic acids is 1. The number of H-pyrrole nitrogens is 1. The molecule has 5 nitrogen and oxygen atoms in total. The predicted molar refractivity (Wildman–Crippen MR) is 105 cm³/mol. The van der Waals surface area contributed by atoms with Crippen molar-refractivity contribution in [3.63, 3.8) is 0 Å². The Bertz CT molecular complexity index is 948. The number of nitrogens with zero attached hydrogens (tertiary/aromatic N) is 2. The van der Waals surface area contributed by atoms with E-state index in [9.17, 15) is 4.79 Å². The molecule has 26 heavy (non-hydrogen) atoms. The number of aromatic nitrogens is 2. The van der Waals surface area contributed by atoms with Crippen LogP contribution >= 0.6 is 23.2 Å². The van der Waals surface area contributed by atoms with Crippen LogP contribution in [0.15, 0.2) is 53.6 Å². The van der Waals surface area contributed by atoms with Gasteiger partial charge in [-0.05, 0) is 35.7 Å². The van der Waals surface area contributed by atoms with Crippen LogP contribution in [-0.2, 0) is 6.42 Å². The molecule has 3 aromatic rings. The largest absolute Gasteiger partial charge is 0.289 e. The fourth-order valence-corrected chi connectivity index (χ4v) is 2.60. The zero-order valence-electron chi connectivity index (χ0n) is 14.0. The highest BCUT2D eigenvalue weighted by atomic mass is 35.5. The highest BCUT2D eigenvalue weighted by molar-refractivity contribution is 6.42. The van der Waals surface area contributed by atoms with Crippen molar-refractivity contribution >= 4 is 35.3 Å². The van der Waals surface area contributed by atoms with Crippen molar-refractivity contribution in [2.45, 2.75) is 13.3 Å². The molecule has 0 bridgehead atoms. The highest BCUT2D eigenvalue weighted by Gasteiger charge is 2.11. The molecular weight excluding hydrogens is 371 g/mol. The maximum atomic E-state index is 12.2. The molecule has 7 heteroatoms. The fourth-order valence-electron chi connectivity index (χ4n) is 2.31. The Morgan fingerprint density at radius 2 is 1.92 bits per heavy atom. The molecule has 0 aliphatic rings.